The molecule has 110 valence electrons. The molecule has 2 rings (SSSR count). The number of likely N-dealkylation sites (N-methyl/N-ethyl adjacent to an activating group) is 2. The maximum absolute atomic E-state index is 12.4. The van der Waals surface area contributed by atoms with Crippen LogP contribution in [-0.2, 0) is 0 Å². The lowest BCUT2D eigenvalue weighted by Gasteiger charge is -2.35. The van der Waals surface area contributed by atoms with E-state index in [2.05, 4.69) is 11.9 Å². The normalized spacial score (nSPS) is 19.6. The summed E-state index contributed by atoms with van der Waals surface area (Å²) in [5, 5.41) is 0. The van der Waals surface area contributed by atoms with Gasteiger partial charge in [0.25, 0.3) is 5.91 Å². The van der Waals surface area contributed by atoms with E-state index < -0.39 is 0 Å². The molecule has 4 heteroatoms. The Kier molecular flexibility index (Phi) is 5.01. The minimum absolute atomic E-state index is 0.0582. The summed E-state index contributed by atoms with van der Waals surface area (Å²) in [7, 11) is 5.64. The first-order valence-corrected chi connectivity index (χ1v) is 7.21. The van der Waals surface area contributed by atoms with Crippen LogP contribution in [0.1, 0.15) is 29.6 Å². The van der Waals surface area contributed by atoms with Crippen LogP contribution in [-0.4, -0.2) is 56.0 Å². The standard InChI is InChI=1S/C16H24N2O2/c1-17-10-5-4-8-14(17)12-18(2)16(19)13-7-6-9-15(11-13)20-3/h6-7,9,11,14H,4-5,8,10,12H2,1-3H3/t14-/m1/s1. The number of likely N-dealkylation sites (tertiary alicyclic amines) is 1. The van der Waals surface area contributed by atoms with Gasteiger partial charge in [0, 0.05) is 25.2 Å². The molecule has 0 aliphatic carbocycles. The molecular formula is C16H24N2O2. The van der Waals surface area contributed by atoms with Crippen molar-refractivity contribution in [3.8, 4) is 5.75 Å². The third-order valence-electron chi connectivity index (χ3n) is 4.07. The van der Waals surface area contributed by atoms with Crippen molar-refractivity contribution >= 4 is 5.91 Å². The SMILES string of the molecule is COc1cccc(C(=O)N(C)C[C@H]2CCCCN2C)c1. The van der Waals surface area contributed by atoms with Gasteiger partial charge in [-0.15, -0.1) is 0 Å². The second kappa shape index (κ2) is 6.75. The van der Waals surface area contributed by atoms with E-state index in [-0.39, 0.29) is 5.91 Å². The van der Waals surface area contributed by atoms with Crippen molar-refractivity contribution in [2.45, 2.75) is 25.3 Å². The van der Waals surface area contributed by atoms with Crippen molar-refractivity contribution in [3.63, 3.8) is 0 Å². The van der Waals surface area contributed by atoms with Crippen molar-refractivity contribution in [1.82, 2.24) is 9.80 Å². The number of carbonyl (C=O) groups excluding carboxylic acids is 1. The van der Waals surface area contributed by atoms with Gasteiger partial charge in [0.05, 0.1) is 7.11 Å². The predicted octanol–water partition coefficient (Wildman–Crippen LogP) is 2.25. The number of hydrogen-bond acceptors (Lipinski definition) is 3. The lowest BCUT2D eigenvalue weighted by molar-refractivity contribution is 0.0716. The summed E-state index contributed by atoms with van der Waals surface area (Å²) in [6.45, 7) is 1.92. The summed E-state index contributed by atoms with van der Waals surface area (Å²) in [5.41, 5.74) is 0.685. The monoisotopic (exact) mass is 276 g/mol. The van der Waals surface area contributed by atoms with Gasteiger partial charge in [-0.1, -0.05) is 12.5 Å². The van der Waals surface area contributed by atoms with Crippen molar-refractivity contribution < 1.29 is 9.53 Å². The molecule has 1 fully saturated rings. The van der Waals surface area contributed by atoms with Crippen LogP contribution < -0.4 is 4.74 Å². The van der Waals surface area contributed by atoms with Gasteiger partial charge in [0.1, 0.15) is 5.75 Å². The number of nitrogens with zero attached hydrogens (tertiary/aromatic N) is 2. The van der Waals surface area contributed by atoms with Crippen LogP contribution in [0.5, 0.6) is 5.75 Å². The maximum Gasteiger partial charge on any atom is 0.253 e. The molecule has 1 aliphatic heterocycles. The molecule has 0 spiro atoms. The Hall–Kier alpha value is -1.55. The van der Waals surface area contributed by atoms with Crippen LogP contribution in [0.4, 0.5) is 0 Å². The zero-order chi connectivity index (χ0) is 14.5. The van der Waals surface area contributed by atoms with Gasteiger partial charge in [-0.25, -0.2) is 0 Å². The molecular weight excluding hydrogens is 252 g/mol. The van der Waals surface area contributed by atoms with Gasteiger partial charge >= 0.3 is 0 Å². The Balaban J connectivity index is 2.00. The van der Waals surface area contributed by atoms with Crippen LogP contribution in [0, 0.1) is 0 Å². The van der Waals surface area contributed by atoms with Gasteiger partial charge in [-0.3, -0.25) is 4.79 Å². The van der Waals surface area contributed by atoms with Crippen LogP contribution >= 0.6 is 0 Å². The number of hydrogen-bond donors (Lipinski definition) is 0. The second-order valence-corrected chi connectivity index (χ2v) is 5.55. The lowest BCUT2D eigenvalue weighted by atomic mass is 10.0. The molecule has 1 saturated heterocycles. The predicted molar refractivity (Wildman–Crippen MR) is 80.2 cm³/mol. The van der Waals surface area contributed by atoms with E-state index in [0.29, 0.717) is 11.6 Å². The molecule has 0 bridgehead atoms. The Bertz CT molecular complexity index is 462. The third-order valence-corrected chi connectivity index (χ3v) is 4.07. The smallest absolute Gasteiger partial charge is 0.253 e. The largest absolute Gasteiger partial charge is 0.497 e. The van der Waals surface area contributed by atoms with E-state index in [1.807, 2.05) is 30.1 Å². The number of rotatable bonds is 4. The molecule has 1 amide bonds. The van der Waals surface area contributed by atoms with Crippen LogP contribution in [0.3, 0.4) is 0 Å². The molecule has 0 aromatic heterocycles. The van der Waals surface area contributed by atoms with Gasteiger partial charge < -0.3 is 14.5 Å². The number of amides is 1. The molecule has 1 heterocycles. The van der Waals surface area contributed by atoms with E-state index in [9.17, 15) is 4.79 Å². The summed E-state index contributed by atoms with van der Waals surface area (Å²) in [6.07, 6.45) is 3.70. The van der Waals surface area contributed by atoms with E-state index in [4.69, 9.17) is 4.74 Å². The van der Waals surface area contributed by atoms with Crippen molar-refractivity contribution in [1.29, 1.82) is 0 Å². The Labute approximate surface area is 121 Å². The van der Waals surface area contributed by atoms with Crippen LogP contribution in [0.25, 0.3) is 0 Å². The summed E-state index contributed by atoms with van der Waals surface area (Å²) in [4.78, 5) is 16.6. The van der Waals surface area contributed by atoms with Gasteiger partial charge in [0.2, 0.25) is 0 Å². The van der Waals surface area contributed by atoms with Gasteiger partial charge in [0.15, 0.2) is 0 Å². The van der Waals surface area contributed by atoms with Crippen molar-refractivity contribution in [2.24, 2.45) is 0 Å². The van der Waals surface area contributed by atoms with E-state index in [1.54, 1.807) is 13.2 Å². The molecule has 1 aromatic carbocycles. The number of piperidine rings is 1. The fourth-order valence-corrected chi connectivity index (χ4v) is 2.75. The average Bonchev–Trinajstić information content (AvgIpc) is 2.48. The molecule has 0 saturated carbocycles. The highest BCUT2D eigenvalue weighted by Crippen LogP contribution is 2.18. The van der Waals surface area contributed by atoms with Gasteiger partial charge in [-0.2, -0.15) is 0 Å². The highest BCUT2D eigenvalue weighted by Gasteiger charge is 2.22. The van der Waals surface area contributed by atoms with Gasteiger partial charge in [-0.05, 0) is 44.6 Å². The number of methoxy groups -OCH3 is 1. The average molecular weight is 276 g/mol. The van der Waals surface area contributed by atoms with E-state index >= 15 is 0 Å². The first-order valence-electron chi connectivity index (χ1n) is 7.21. The van der Waals surface area contributed by atoms with Crippen molar-refractivity contribution in [3.05, 3.63) is 29.8 Å². The Morgan fingerprint density at radius 3 is 2.95 bits per heavy atom. The Morgan fingerprint density at radius 1 is 1.45 bits per heavy atom. The molecule has 4 nitrogen and oxygen atoms in total. The fourth-order valence-electron chi connectivity index (χ4n) is 2.75. The summed E-state index contributed by atoms with van der Waals surface area (Å²) in [5.74, 6) is 0.780. The lowest BCUT2D eigenvalue weighted by Crippen LogP contribution is -2.45. The van der Waals surface area contributed by atoms with E-state index in [1.165, 1.54) is 19.3 Å². The van der Waals surface area contributed by atoms with Crippen LogP contribution in [0.15, 0.2) is 24.3 Å². The summed E-state index contributed by atoms with van der Waals surface area (Å²) >= 11 is 0. The maximum atomic E-state index is 12.4. The van der Waals surface area contributed by atoms with E-state index in [0.717, 1.165) is 18.8 Å². The third kappa shape index (κ3) is 3.51. The second-order valence-electron chi connectivity index (χ2n) is 5.55. The Morgan fingerprint density at radius 2 is 2.25 bits per heavy atom. The summed E-state index contributed by atoms with van der Waals surface area (Å²) in [6, 6.07) is 7.82. The topological polar surface area (TPSA) is 32.8 Å². The first-order chi connectivity index (χ1) is 9.61. The molecule has 20 heavy (non-hydrogen) atoms. The first kappa shape index (κ1) is 14.9. The summed E-state index contributed by atoms with van der Waals surface area (Å²) < 4.78 is 5.17. The zero-order valence-electron chi connectivity index (χ0n) is 12.6. The molecule has 1 atom stereocenters. The van der Waals surface area contributed by atoms with Crippen LogP contribution in [0.2, 0.25) is 0 Å². The number of benzene rings is 1. The zero-order valence-corrected chi connectivity index (χ0v) is 12.6. The molecule has 0 N–H and O–H groups in total. The molecule has 0 radical (unpaired) electrons. The highest BCUT2D eigenvalue weighted by atomic mass is 16.5. The molecule has 1 aromatic rings. The van der Waals surface area contributed by atoms with Crippen molar-refractivity contribution in [2.75, 3.05) is 34.3 Å². The molecule has 0 unspecified atom stereocenters. The fraction of sp³-hybridized carbons (Fsp3) is 0.562. The number of carbonyl (C=O) groups is 1. The minimum Gasteiger partial charge on any atom is -0.497 e. The number of ether oxygens (including phenoxy) is 1. The molecule has 1 aliphatic rings. The quantitative estimate of drug-likeness (QED) is 0.845. The minimum atomic E-state index is 0.0582. The highest BCUT2D eigenvalue weighted by molar-refractivity contribution is 5.94.